The van der Waals surface area contributed by atoms with Crippen molar-refractivity contribution in [3.63, 3.8) is 0 Å². The Hall–Kier alpha value is -1.00. The van der Waals surface area contributed by atoms with Crippen LogP contribution in [0, 0.1) is 12.8 Å². The van der Waals surface area contributed by atoms with Gasteiger partial charge >= 0.3 is 0 Å². The fourth-order valence-electron chi connectivity index (χ4n) is 2.32. The van der Waals surface area contributed by atoms with Gasteiger partial charge in [0.15, 0.2) is 0 Å². The van der Waals surface area contributed by atoms with Gasteiger partial charge in [-0.25, -0.2) is 0 Å². The number of nitrogens with one attached hydrogen (secondary N) is 1. The first-order valence-corrected chi connectivity index (χ1v) is 5.56. The number of nitrogens with zero attached hydrogens (tertiary/aromatic N) is 2. The summed E-state index contributed by atoms with van der Waals surface area (Å²) in [6, 6.07) is 0.167. The molecule has 1 aromatic rings. The first kappa shape index (κ1) is 10.5. The third-order valence-corrected chi connectivity index (χ3v) is 3.17. The van der Waals surface area contributed by atoms with Gasteiger partial charge in [-0.15, -0.1) is 0 Å². The Labute approximate surface area is 90.3 Å². The van der Waals surface area contributed by atoms with Gasteiger partial charge in [-0.2, -0.15) is 0 Å². The molecule has 1 aliphatic rings. The lowest BCUT2D eigenvalue weighted by molar-refractivity contribution is 0.365. The van der Waals surface area contributed by atoms with Crippen LogP contribution in [0.3, 0.4) is 0 Å². The topological polar surface area (TPSA) is 63.8 Å². The number of hydrogen-bond acceptors (Lipinski definition) is 4. The molecule has 0 spiro atoms. The van der Waals surface area contributed by atoms with Gasteiger partial charge in [0.05, 0.1) is 23.6 Å². The van der Waals surface area contributed by atoms with Gasteiger partial charge in [-0.3, -0.25) is 21.2 Å². The van der Waals surface area contributed by atoms with Crippen LogP contribution < -0.4 is 11.3 Å². The smallest absolute Gasteiger partial charge is 0.0772 e. The molecule has 0 saturated heterocycles. The molecule has 2 rings (SSSR count). The van der Waals surface area contributed by atoms with E-state index in [-0.39, 0.29) is 6.04 Å². The molecule has 1 atom stereocenters. The maximum absolute atomic E-state index is 5.60. The van der Waals surface area contributed by atoms with Gasteiger partial charge in [-0.05, 0) is 25.7 Å². The monoisotopic (exact) mass is 206 g/mol. The summed E-state index contributed by atoms with van der Waals surface area (Å²) < 4.78 is 0. The third-order valence-electron chi connectivity index (χ3n) is 3.17. The normalized spacial score (nSPS) is 19.3. The van der Waals surface area contributed by atoms with Crippen molar-refractivity contribution in [2.24, 2.45) is 11.8 Å². The predicted molar refractivity (Wildman–Crippen MR) is 58.8 cm³/mol. The lowest BCUT2D eigenvalue weighted by Crippen LogP contribution is -2.33. The zero-order valence-electron chi connectivity index (χ0n) is 9.11. The van der Waals surface area contributed by atoms with E-state index in [0.717, 1.165) is 11.4 Å². The molecule has 0 amide bonds. The third kappa shape index (κ3) is 2.33. The summed E-state index contributed by atoms with van der Waals surface area (Å²) >= 11 is 0. The highest BCUT2D eigenvalue weighted by molar-refractivity contribution is 5.07. The lowest BCUT2D eigenvalue weighted by atomic mass is 9.96. The molecule has 4 nitrogen and oxygen atoms in total. The summed E-state index contributed by atoms with van der Waals surface area (Å²) in [7, 11) is 0. The highest BCUT2D eigenvalue weighted by Gasteiger charge is 2.26. The van der Waals surface area contributed by atoms with E-state index < -0.39 is 0 Å². The van der Waals surface area contributed by atoms with Crippen LogP contribution in [-0.4, -0.2) is 9.97 Å². The Morgan fingerprint density at radius 3 is 2.60 bits per heavy atom. The molecule has 4 heteroatoms. The van der Waals surface area contributed by atoms with E-state index in [4.69, 9.17) is 5.84 Å². The van der Waals surface area contributed by atoms with Crippen LogP contribution in [0.1, 0.15) is 43.1 Å². The minimum absolute atomic E-state index is 0.167. The van der Waals surface area contributed by atoms with Gasteiger partial charge in [0.1, 0.15) is 0 Å². The Kier molecular flexibility index (Phi) is 3.28. The molecule has 0 radical (unpaired) electrons. The van der Waals surface area contributed by atoms with Gasteiger partial charge in [-0.1, -0.05) is 12.8 Å². The average Bonchev–Trinajstić information content (AvgIpc) is 2.75. The molecule has 1 heterocycles. The van der Waals surface area contributed by atoms with Crippen LogP contribution in [0.25, 0.3) is 0 Å². The van der Waals surface area contributed by atoms with Crippen LogP contribution in [0.2, 0.25) is 0 Å². The van der Waals surface area contributed by atoms with E-state index in [1.54, 1.807) is 6.20 Å². The lowest BCUT2D eigenvalue weighted by Gasteiger charge is -2.21. The SMILES string of the molecule is Cc1cnc(C(NN)C2CCCC2)cn1. The predicted octanol–water partition coefficient (Wildman–Crippen LogP) is 1.48. The quantitative estimate of drug-likeness (QED) is 0.581. The van der Waals surface area contributed by atoms with E-state index in [1.165, 1.54) is 25.7 Å². The fourth-order valence-corrected chi connectivity index (χ4v) is 2.32. The van der Waals surface area contributed by atoms with Crippen molar-refractivity contribution in [3.05, 3.63) is 23.8 Å². The minimum Gasteiger partial charge on any atom is -0.271 e. The molecule has 1 aromatic heterocycles. The second-order valence-corrected chi connectivity index (χ2v) is 4.27. The second-order valence-electron chi connectivity index (χ2n) is 4.27. The average molecular weight is 206 g/mol. The summed E-state index contributed by atoms with van der Waals surface area (Å²) in [6.07, 6.45) is 8.73. The van der Waals surface area contributed by atoms with Crippen LogP contribution in [0.4, 0.5) is 0 Å². The number of rotatable bonds is 3. The largest absolute Gasteiger partial charge is 0.271 e. The summed E-state index contributed by atoms with van der Waals surface area (Å²) in [5.41, 5.74) is 4.79. The van der Waals surface area contributed by atoms with E-state index in [2.05, 4.69) is 15.4 Å². The summed E-state index contributed by atoms with van der Waals surface area (Å²) in [4.78, 5) is 8.65. The number of nitrogens with two attached hydrogens (primary N) is 1. The van der Waals surface area contributed by atoms with Gasteiger partial charge in [0, 0.05) is 6.20 Å². The van der Waals surface area contributed by atoms with Gasteiger partial charge in [0.2, 0.25) is 0 Å². The van der Waals surface area contributed by atoms with Crippen molar-refractivity contribution in [2.45, 2.75) is 38.6 Å². The van der Waals surface area contributed by atoms with Crippen molar-refractivity contribution in [2.75, 3.05) is 0 Å². The van der Waals surface area contributed by atoms with Gasteiger partial charge in [0.25, 0.3) is 0 Å². The number of hydrazine groups is 1. The molecule has 15 heavy (non-hydrogen) atoms. The van der Waals surface area contributed by atoms with E-state index in [9.17, 15) is 0 Å². The molecular weight excluding hydrogens is 188 g/mol. The highest BCUT2D eigenvalue weighted by Crippen LogP contribution is 2.34. The summed E-state index contributed by atoms with van der Waals surface area (Å²) in [5, 5.41) is 0. The van der Waals surface area contributed by atoms with Crippen LogP contribution in [0.15, 0.2) is 12.4 Å². The van der Waals surface area contributed by atoms with Crippen LogP contribution in [-0.2, 0) is 0 Å². The van der Waals surface area contributed by atoms with E-state index in [1.807, 2.05) is 13.1 Å². The van der Waals surface area contributed by atoms with Gasteiger partial charge < -0.3 is 0 Å². The summed E-state index contributed by atoms with van der Waals surface area (Å²) in [6.45, 7) is 1.94. The maximum Gasteiger partial charge on any atom is 0.0772 e. The molecule has 1 aliphatic carbocycles. The zero-order valence-corrected chi connectivity index (χ0v) is 9.11. The van der Waals surface area contributed by atoms with E-state index >= 15 is 0 Å². The molecule has 3 N–H and O–H groups in total. The van der Waals surface area contributed by atoms with Crippen molar-refractivity contribution in [1.29, 1.82) is 0 Å². The number of aromatic nitrogens is 2. The standard InChI is InChI=1S/C11H18N4/c1-8-6-14-10(7-13-8)11(15-12)9-4-2-3-5-9/h6-7,9,11,15H,2-5,12H2,1H3. The first-order valence-electron chi connectivity index (χ1n) is 5.56. The summed E-state index contributed by atoms with van der Waals surface area (Å²) in [5.74, 6) is 6.22. The van der Waals surface area contributed by atoms with Crippen LogP contribution in [0.5, 0.6) is 0 Å². The molecule has 0 aromatic carbocycles. The number of hydrogen-bond donors (Lipinski definition) is 2. The Balaban J connectivity index is 2.14. The molecule has 1 fully saturated rings. The first-order chi connectivity index (χ1) is 7.31. The molecule has 0 aliphatic heterocycles. The molecule has 1 unspecified atom stereocenters. The fraction of sp³-hybridized carbons (Fsp3) is 0.636. The Morgan fingerprint density at radius 1 is 1.33 bits per heavy atom. The van der Waals surface area contributed by atoms with Crippen molar-refractivity contribution >= 4 is 0 Å². The minimum atomic E-state index is 0.167. The van der Waals surface area contributed by atoms with Crippen LogP contribution >= 0.6 is 0 Å². The molecular formula is C11H18N4. The molecule has 82 valence electrons. The van der Waals surface area contributed by atoms with E-state index in [0.29, 0.717) is 5.92 Å². The Morgan fingerprint density at radius 2 is 2.07 bits per heavy atom. The number of aryl methyl sites for hydroxylation is 1. The molecule has 1 saturated carbocycles. The molecule has 0 bridgehead atoms. The zero-order chi connectivity index (χ0) is 10.7. The second kappa shape index (κ2) is 4.68. The Bertz CT molecular complexity index is 303. The van der Waals surface area contributed by atoms with Crippen molar-refractivity contribution < 1.29 is 0 Å². The highest BCUT2D eigenvalue weighted by atomic mass is 15.2. The van der Waals surface area contributed by atoms with Crippen molar-refractivity contribution in [3.8, 4) is 0 Å². The maximum atomic E-state index is 5.60. The van der Waals surface area contributed by atoms with Crippen molar-refractivity contribution in [1.82, 2.24) is 15.4 Å².